The van der Waals surface area contributed by atoms with Crippen LogP contribution in [0.3, 0.4) is 0 Å². The molecular weight excluding hydrogens is 365 g/mol. The molecule has 0 spiro atoms. The molecule has 1 amide bonds. The molecule has 1 fully saturated rings. The molecule has 2 heterocycles. The van der Waals surface area contributed by atoms with Crippen LogP contribution in [0.4, 0.5) is 5.69 Å². The Morgan fingerprint density at radius 1 is 1.08 bits per heavy atom. The van der Waals surface area contributed by atoms with Gasteiger partial charge in [-0.05, 0) is 29.8 Å². The molecular formula is C17H15Cl2N3O3. The summed E-state index contributed by atoms with van der Waals surface area (Å²) in [7, 11) is 1.59. The van der Waals surface area contributed by atoms with Gasteiger partial charge in [0.2, 0.25) is 0 Å². The molecule has 8 heteroatoms. The van der Waals surface area contributed by atoms with Gasteiger partial charge in [0.15, 0.2) is 5.60 Å². The summed E-state index contributed by atoms with van der Waals surface area (Å²) in [5, 5.41) is 14.4. The summed E-state index contributed by atoms with van der Waals surface area (Å²) in [5.74, 6) is 0.165. The summed E-state index contributed by atoms with van der Waals surface area (Å²) in [5.41, 5.74) is 5.03. The van der Waals surface area contributed by atoms with Gasteiger partial charge in [0, 0.05) is 17.0 Å². The van der Waals surface area contributed by atoms with Gasteiger partial charge < -0.3 is 15.2 Å². The zero-order valence-corrected chi connectivity index (χ0v) is 14.7. The Balaban J connectivity index is 1.73. The number of carbonyl (C=O) groups is 1. The molecule has 25 heavy (non-hydrogen) atoms. The normalized spacial score (nSPS) is 23.1. The van der Waals surface area contributed by atoms with E-state index in [1.54, 1.807) is 19.2 Å². The predicted octanol–water partition coefficient (Wildman–Crippen LogP) is 2.49. The van der Waals surface area contributed by atoms with Crippen molar-refractivity contribution in [1.82, 2.24) is 10.9 Å². The van der Waals surface area contributed by atoms with Gasteiger partial charge in [-0.3, -0.25) is 4.79 Å². The van der Waals surface area contributed by atoms with Crippen molar-refractivity contribution in [2.24, 2.45) is 0 Å². The summed E-state index contributed by atoms with van der Waals surface area (Å²) in [4.78, 5) is 12.5. The molecule has 0 radical (unpaired) electrons. The monoisotopic (exact) mass is 379 g/mol. The van der Waals surface area contributed by atoms with E-state index in [9.17, 15) is 9.90 Å². The molecule has 4 N–H and O–H groups in total. The number of nitrogens with one attached hydrogen (secondary N) is 3. The largest absolute Gasteiger partial charge is 0.497 e. The third-order valence-corrected chi connectivity index (χ3v) is 5.29. The quantitative estimate of drug-likeness (QED) is 0.611. The summed E-state index contributed by atoms with van der Waals surface area (Å²) in [6.45, 7) is 0. The van der Waals surface area contributed by atoms with E-state index >= 15 is 0 Å². The number of anilines is 1. The standard InChI is InChI=1S/C17H15Cl2N3O3/c1-25-10-4-2-9(3-5-10)17(21-22-17)8-16(24)13-11(18)6-7-12(19)14(13)20-15(16)23/h2-7,21-22,24H,8H2,1H3,(H,20,23). The van der Waals surface area contributed by atoms with Crippen LogP contribution < -0.4 is 20.9 Å². The van der Waals surface area contributed by atoms with Crippen LogP contribution in [0, 0.1) is 0 Å². The second kappa shape index (κ2) is 5.59. The lowest BCUT2D eigenvalue weighted by Crippen LogP contribution is -2.39. The SMILES string of the molecule is COc1ccc(C2(CC3(O)C(=O)Nc4c(Cl)ccc(Cl)c43)NN2)cc1. The molecule has 4 rings (SSSR count). The number of hydrogen-bond acceptors (Lipinski definition) is 5. The van der Waals surface area contributed by atoms with E-state index in [0.717, 1.165) is 11.3 Å². The molecule has 2 aromatic rings. The molecule has 2 aliphatic heterocycles. The van der Waals surface area contributed by atoms with Crippen molar-refractivity contribution in [2.45, 2.75) is 17.7 Å². The number of ether oxygens (including phenoxy) is 1. The molecule has 0 aromatic heterocycles. The number of aliphatic hydroxyl groups is 1. The molecule has 1 atom stereocenters. The van der Waals surface area contributed by atoms with Crippen molar-refractivity contribution in [2.75, 3.05) is 12.4 Å². The molecule has 1 saturated heterocycles. The van der Waals surface area contributed by atoms with Gasteiger partial charge in [0.25, 0.3) is 5.91 Å². The first-order chi connectivity index (χ1) is 11.9. The molecule has 130 valence electrons. The van der Waals surface area contributed by atoms with Gasteiger partial charge in [-0.2, -0.15) is 0 Å². The van der Waals surface area contributed by atoms with E-state index in [0.29, 0.717) is 16.3 Å². The fraction of sp³-hybridized carbons (Fsp3) is 0.235. The minimum atomic E-state index is -1.81. The number of methoxy groups -OCH3 is 1. The number of rotatable bonds is 4. The highest BCUT2D eigenvalue weighted by molar-refractivity contribution is 6.38. The third-order valence-electron chi connectivity index (χ3n) is 4.66. The third kappa shape index (κ3) is 2.49. The average Bonchev–Trinajstić information content (AvgIpc) is 3.32. The summed E-state index contributed by atoms with van der Waals surface area (Å²) in [6.07, 6.45) is 0.0468. The van der Waals surface area contributed by atoms with Crippen molar-refractivity contribution < 1.29 is 14.6 Å². The first-order valence-electron chi connectivity index (χ1n) is 7.61. The van der Waals surface area contributed by atoms with E-state index in [4.69, 9.17) is 27.9 Å². The smallest absolute Gasteiger partial charge is 0.261 e. The van der Waals surface area contributed by atoms with Crippen LogP contribution in [-0.2, 0) is 16.1 Å². The lowest BCUT2D eigenvalue weighted by molar-refractivity contribution is -0.135. The van der Waals surface area contributed by atoms with Gasteiger partial charge in [0.05, 0.1) is 17.8 Å². The number of halogens is 2. The minimum Gasteiger partial charge on any atom is -0.497 e. The Kier molecular flexibility index (Phi) is 3.72. The zero-order valence-electron chi connectivity index (χ0n) is 13.2. The highest BCUT2D eigenvalue weighted by atomic mass is 35.5. The summed E-state index contributed by atoms with van der Waals surface area (Å²) in [6, 6.07) is 10.5. The number of carbonyl (C=O) groups excluding carboxylic acids is 1. The highest BCUT2D eigenvalue weighted by Gasteiger charge is 2.57. The maximum absolute atomic E-state index is 12.5. The molecule has 0 saturated carbocycles. The fourth-order valence-electron chi connectivity index (χ4n) is 3.25. The van der Waals surface area contributed by atoms with Gasteiger partial charge in [0.1, 0.15) is 11.4 Å². The zero-order chi connectivity index (χ0) is 17.8. The van der Waals surface area contributed by atoms with Crippen molar-refractivity contribution in [1.29, 1.82) is 0 Å². The van der Waals surface area contributed by atoms with E-state index in [-0.39, 0.29) is 11.4 Å². The van der Waals surface area contributed by atoms with Gasteiger partial charge in [-0.15, -0.1) is 0 Å². The van der Waals surface area contributed by atoms with Crippen LogP contribution in [0.15, 0.2) is 36.4 Å². The van der Waals surface area contributed by atoms with Crippen LogP contribution in [0.5, 0.6) is 5.75 Å². The lowest BCUT2D eigenvalue weighted by atomic mass is 9.84. The van der Waals surface area contributed by atoms with Crippen molar-refractivity contribution in [3.05, 3.63) is 57.6 Å². The summed E-state index contributed by atoms with van der Waals surface area (Å²) >= 11 is 12.4. The second-order valence-corrected chi connectivity index (χ2v) is 6.97. The Hall–Kier alpha value is -1.83. The Morgan fingerprint density at radius 3 is 2.32 bits per heavy atom. The molecule has 6 nitrogen and oxygen atoms in total. The van der Waals surface area contributed by atoms with Crippen molar-refractivity contribution >= 4 is 34.8 Å². The van der Waals surface area contributed by atoms with Crippen molar-refractivity contribution in [3.63, 3.8) is 0 Å². The molecule has 2 aromatic carbocycles. The Bertz CT molecular complexity index is 868. The Labute approximate surface area is 154 Å². The number of fused-ring (bicyclic) bond motifs is 1. The lowest BCUT2D eigenvalue weighted by Gasteiger charge is -2.26. The topological polar surface area (TPSA) is 102 Å². The number of hydrazine groups is 1. The van der Waals surface area contributed by atoms with Gasteiger partial charge >= 0.3 is 0 Å². The molecule has 0 bridgehead atoms. The minimum absolute atomic E-state index is 0.0468. The van der Waals surface area contributed by atoms with E-state index < -0.39 is 17.2 Å². The highest BCUT2D eigenvalue weighted by Crippen LogP contribution is 2.50. The van der Waals surface area contributed by atoms with E-state index in [1.807, 2.05) is 24.3 Å². The van der Waals surface area contributed by atoms with Gasteiger partial charge in [-0.1, -0.05) is 35.3 Å². The molecule has 0 aliphatic carbocycles. The maximum atomic E-state index is 12.5. The predicted molar refractivity (Wildman–Crippen MR) is 94.5 cm³/mol. The number of benzene rings is 2. The van der Waals surface area contributed by atoms with Gasteiger partial charge in [-0.25, -0.2) is 10.9 Å². The van der Waals surface area contributed by atoms with E-state index in [1.165, 1.54) is 0 Å². The van der Waals surface area contributed by atoms with Crippen LogP contribution in [0.2, 0.25) is 10.0 Å². The second-order valence-electron chi connectivity index (χ2n) is 6.15. The van der Waals surface area contributed by atoms with Crippen molar-refractivity contribution in [3.8, 4) is 5.75 Å². The fourth-order valence-corrected chi connectivity index (χ4v) is 3.77. The number of hydrogen-bond donors (Lipinski definition) is 4. The Morgan fingerprint density at radius 2 is 1.72 bits per heavy atom. The van der Waals surface area contributed by atoms with Crippen LogP contribution in [-0.4, -0.2) is 18.1 Å². The van der Waals surface area contributed by atoms with Crippen LogP contribution in [0.25, 0.3) is 0 Å². The molecule has 1 unspecified atom stereocenters. The maximum Gasteiger partial charge on any atom is 0.261 e. The molecule has 2 aliphatic rings. The number of amides is 1. The van der Waals surface area contributed by atoms with Crippen LogP contribution >= 0.6 is 23.2 Å². The summed E-state index contributed by atoms with van der Waals surface area (Å²) < 4.78 is 5.16. The average molecular weight is 380 g/mol. The first-order valence-corrected chi connectivity index (χ1v) is 8.36. The first kappa shape index (κ1) is 16.6. The van der Waals surface area contributed by atoms with E-state index in [2.05, 4.69) is 16.2 Å². The van der Waals surface area contributed by atoms with Crippen LogP contribution in [0.1, 0.15) is 17.5 Å².